The first-order valence-corrected chi connectivity index (χ1v) is 5.61. The molecule has 1 aromatic heterocycles. The number of aromatic carboxylic acids is 1. The number of hydrogen-bond donors (Lipinski definition) is 1. The molecule has 0 amide bonds. The van der Waals surface area contributed by atoms with Crippen LogP contribution in [0.2, 0.25) is 0 Å². The first-order valence-electron chi connectivity index (χ1n) is 5.61. The van der Waals surface area contributed by atoms with Crippen LogP contribution in [0.15, 0.2) is 30.5 Å². The number of carbonyl (C=O) groups is 2. The largest absolute Gasteiger partial charge is 0.477 e. The summed E-state index contributed by atoms with van der Waals surface area (Å²) in [6, 6.07) is 5.79. The Labute approximate surface area is 109 Å². The van der Waals surface area contributed by atoms with E-state index in [0.717, 1.165) is 0 Å². The van der Waals surface area contributed by atoms with Crippen molar-refractivity contribution in [1.29, 1.82) is 0 Å². The number of nitrogens with zero attached hydrogens (tertiary/aromatic N) is 1. The second-order valence-electron chi connectivity index (χ2n) is 4.30. The van der Waals surface area contributed by atoms with Crippen LogP contribution >= 0.6 is 0 Å². The lowest BCUT2D eigenvalue weighted by Crippen LogP contribution is -2.04. The van der Waals surface area contributed by atoms with E-state index in [1.807, 2.05) is 0 Å². The number of benzene rings is 1. The average Bonchev–Trinajstić information content (AvgIpc) is 2.74. The van der Waals surface area contributed by atoms with Gasteiger partial charge in [-0.05, 0) is 24.6 Å². The number of halogens is 1. The summed E-state index contributed by atoms with van der Waals surface area (Å²) in [7, 11) is 1.52. The van der Waals surface area contributed by atoms with Crippen LogP contribution in [-0.2, 0) is 7.05 Å². The van der Waals surface area contributed by atoms with Gasteiger partial charge in [-0.15, -0.1) is 0 Å². The van der Waals surface area contributed by atoms with E-state index in [-0.39, 0.29) is 16.8 Å². The van der Waals surface area contributed by atoms with Gasteiger partial charge in [-0.25, -0.2) is 9.18 Å². The van der Waals surface area contributed by atoms with Crippen LogP contribution in [0.25, 0.3) is 0 Å². The van der Waals surface area contributed by atoms with Gasteiger partial charge in [0.15, 0.2) is 5.78 Å². The summed E-state index contributed by atoms with van der Waals surface area (Å²) in [6.45, 7) is 1.57. The highest BCUT2D eigenvalue weighted by atomic mass is 19.1. The minimum atomic E-state index is -1.13. The maximum absolute atomic E-state index is 13.9. The fourth-order valence-electron chi connectivity index (χ4n) is 1.88. The van der Waals surface area contributed by atoms with E-state index in [0.29, 0.717) is 5.56 Å². The molecular formula is C14H12FNO3. The standard InChI is InChI=1S/C14H12FNO3/c1-8-4-3-5-10(12(8)15)13(17)9-6-11(14(18)19)16(2)7-9/h3-7H,1-2H3,(H,18,19). The maximum atomic E-state index is 13.9. The summed E-state index contributed by atoms with van der Waals surface area (Å²) in [6.07, 6.45) is 1.38. The first kappa shape index (κ1) is 13.0. The Morgan fingerprint density at radius 2 is 2.00 bits per heavy atom. The van der Waals surface area contributed by atoms with Gasteiger partial charge in [0.05, 0.1) is 5.56 Å². The average molecular weight is 261 g/mol. The van der Waals surface area contributed by atoms with Gasteiger partial charge in [0.25, 0.3) is 0 Å². The molecule has 2 aromatic rings. The number of carboxylic acids is 1. The number of carbonyl (C=O) groups excluding carboxylic acids is 1. The van der Waals surface area contributed by atoms with E-state index in [4.69, 9.17) is 5.11 Å². The Morgan fingerprint density at radius 3 is 2.58 bits per heavy atom. The summed E-state index contributed by atoms with van der Waals surface area (Å²) < 4.78 is 15.2. The lowest BCUT2D eigenvalue weighted by Gasteiger charge is -2.02. The van der Waals surface area contributed by atoms with Gasteiger partial charge in [-0.3, -0.25) is 4.79 Å². The van der Waals surface area contributed by atoms with Gasteiger partial charge in [0, 0.05) is 18.8 Å². The van der Waals surface area contributed by atoms with Crippen molar-refractivity contribution >= 4 is 11.8 Å². The molecule has 0 saturated carbocycles. The van der Waals surface area contributed by atoms with Crippen molar-refractivity contribution in [1.82, 2.24) is 4.57 Å². The highest BCUT2D eigenvalue weighted by molar-refractivity contribution is 6.10. The predicted octanol–water partition coefficient (Wildman–Crippen LogP) is 2.40. The Kier molecular flexibility index (Phi) is 3.21. The third kappa shape index (κ3) is 2.27. The molecule has 98 valence electrons. The quantitative estimate of drug-likeness (QED) is 0.863. The molecule has 1 aromatic carbocycles. The molecule has 0 fully saturated rings. The summed E-state index contributed by atoms with van der Waals surface area (Å²) in [5.74, 6) is -2.23. The predicted molar refractivity (Wildman–Crippen MR) is 66.9 cm³/mol. The number of ketones is 1. The zero-order valence-corrected chi connectivity index (χ0v) is 10.5. The Hall–Kier alpha value is -2.43. The Bertz CT molecular complexity index is 673. The molecule has 5 heteroatoms. The molecule has 0 spiro atoms. The molecule has 2 rings (SSSR count). The van der Waals surface area contributed by atoms with E-state index >= 15 is 0 Å². The lowest BCUT2D eigenvalue weighted by atomic mass is 10.0. The molecule has 4 nitrogen and oxygen atoms in total. The van der Waals surface area contributed by atoms with Crippen LogP contribution < -0.4 is 0 Å². The van der Waals surface area contributed by atoms with E-state index in [9.17, 15) is 14.0 Å². The van der Waals surface area contributed by atoms with Crippen molar-refractivity contribution in [3.05, 3.63) is 58.7 Å². The highest BCUT2D eigenvalue weighted by Gasteiger charge is 2.19. The van der Waals surface area contributed by atoms with Gasteiger partial charge in [0.2, 0.25) is 0 Å². The van der Waals surface area contributed by atoms with Gasteiger partial charge in [-0.1, -0.05) is 12.1 Å². The maximum Gasteiger partial charge on any atom is 0.352 e. The SMILES string of the molecule is Cc1cccc(C(=O)c2cc(C(=O)O)n(C)c2)c1F. The van der Waals surface area contributed by atoms with Crippen molar-refractivity contribution in [2.75, 3.05) is 0 Å². The van der Waals surface area contributed by atoms with Crippen LogP contribution in [0, 0.1) is 12.7 Å². The molecule has 1 heterocycles. The molecule has 0 bridgehead atoms. The normalized spacial score (nSPS) is 10.5. The lowest BCUT2D eigenvalue weighted by molar-refractivity contribution is 0.0686. The number of aryl methyl sites for hydroxylation is 2. The molecule has 0 saturated heterocycles. The van der Waals surface area contributed by atoms with Crippen LogP contribution in [0.4, 0.5) is 4.39 Å². The van der Waals surface area contributed by atoms with Crippen LogP contribution in [0.3, 0.4) is 0 Å². The van der Waals surface area contributed by atoms with E-state index in [2.05, 4.69) is 0 Å². The fraction of sp³-hybridized carbons (Fsp3) is 0.143. The second-order valence-corrected chi connectivity index (χ2v) is 4.30. The van der Waals surface area contributed by atoms with Crippen LogP contribution in [0.1, 0.15) is 32.0 Å². The summed E-state index contributed by atoms with van der Waals surface area (Å²) >= 11 is 0. The molecular weight excluding hydrogens is 249 g/mol. The molecule has 0 radical (unpaired) electrons. The van der Waals surface area contributed by atoms with Gasteiger partial charge in [-0.2, -0.15) is 0 Å². The molecule has 0 aliphatic carbocycles. The molecule has 0 atom stereocenters. The zero-order valence-electron chi connectivity index (χ0n) is 10.5. The van der Waals surface area contributed by atoms with E-state index in [1.54, 1.807) is 19.1 Å². The zero-order chi connectivity index (χ0) is 14.2. The number of rotatable bonds is 3. The number of aromatic nitrogens is 1. The molecule has 0 aliphatic rings. The van der Waals surface area contributed by atoms with E-state index in [1.165, 1.54) is 29.9 Å². The van der Waals surface area contributed by atoms with Gasteiger partial charge < -0.3 is 9.67 Å². The summed E-state index contributed by atoms with van der Waals surface area (Å²) in [5.41, 5.74) is 0.462. The van der Waals surface area contributed by atoms with Gasteiger partial charge >= 0.3 is 5.97 Å². The summed E-state index contributed by atoms with van der Waals surface area (Å²) in [5, 5.41) is 8.92. The minimum absolute atomic E-state index is 0.0172. The van der Waals surface area contributed by atoms with Crippen molar-refractivity contribution in [2.45, 2.75) is 6.92 Å². The van der Waals surface area contributed by atoms with Gasteiger partial charge in [0.1, 0.15) is 11.5 Å². The van der Waals surface area contributed by atoms with Crippen molar-refractivity contribution in [2.24, 2.45) is 7.05 Å². The molecule has 1 N–H and O–H groups in total. The van der Waals surface area contributed by atoms with Crippen molar-refractivity contribution in [3.63, 3.8) is 0 Å². The topological polar surface area (TPSA) is 59.3 Å². The fourth-order valence-corrected chi connectivity index (χ4v) is 1.88. The third-order valence-corrected chi connectivity index (χ3v) is 2.92. The highest BCUT2D eigenvalue weighted by Crippen LogP contribution is 2.18. The number of hydrogen-bond acceptors (Lipinski definition) is 2. The summed E-state index contributed by atoms with van der Waals surface area (Å²) in [4.78, 5) is 23.1. The van der Waals surface area contributed by atoms with Crippen LogP contribution in [-0.4, -0.2) is 21.4 Å². The molecule has 0 unspecified atom stereocenters. The monoisotopic (exact) mass is 261 g/mol. The Balaban J connectivity index is 2.48. The van der Waals surface area contributed by atoms with Crippen molar-refractivity contribution < 1.29 is 19.1 Å². The van der Waals surface area contributed by atoms with Crippen LogP contribution in [0.5, 0.6) is 0 Å². The molecule has 19 heavy (non-hydrogen) atoms. The van der Waals surface area contributed by atoms with Crippen molar-refractivity contribution in [3.8, 4) is 0 Å². The minimum Gasteiger partial charge on any atom is -0.477 e. The third-order valence-electron chi connectivity index (χ3n) is 2.92. The smallest absolute Gasteiger partial charge is 0.352 e. The molecule has 0 aliphatic heterocycles. The second kappa shape index (κ2) is 4.68. The Morgan fingerprint density at radius 1 is 1.32 bits per heavy atom. The first-order chi connectivity index (χ1) is 8.91. The number of carboxylic acid groups (broad SMARTS) is 1. The van der Waals surface area contributed by atoms with E-state index < -0.39 is 17.6 Å².